The van der Waals surface area contributed by atoms with Crippen molar-refractivity contribution in [2.45, 2.75) is 25.5 Å². The van der Waals surface area contributed by atoms with Gasteiger partial charge in [-0.3, -0.25) is 19.2 Å². The average molecular weight is 602 g/mol. The zero-order valence-corrected chi connectivity index (χ0v) is 23.0. The van der Waals surface area contributed by atoms with Gasteiger partial charge in [0.1, 0.15) is 6.10 Å². The van der Waals surface area contributed by atoms with Crippen molar-refractivity contribution in [1.29, 1.82) is 0 Å². The minimum absolute atomic E-state index is 0.0603. The maximum Gasteiger partial charge on any atom is 0.338 e. The predicted molar refractivity (Wildman–Crippen MR) is 148 cm³/mol. The van der Waals surface area contributed by atoms with E-state index in [2.05, 4.69) is 5.32 Å². The number of amides is 1. The fourth-order valence-electron chi connectivity index (χ4n) is 5.15. The molecule has 4 N–H and O–H groups in total. The molecule has 0 saturated heterocycles. The highest BCUT2D eigenvalue weighted by Crippen LogP contribution is 2.47. The Morgan fingerprint density at radius 3 is 1.95 bits per heavy atom. The summed E-state index contributed by atoms with van der Waals surface area (Å²) in [5, 5.41) is 33.3. The Labute approximate surface area is 243 Å². The number of rotatable bonds is 10. The average Bonchev–Trinajstić information content (AvgIpc) is 2.88. The number of carboxylic acid groups (broad SMARTS) is 3. The van der Waals surface area contributed by atoms with Gasteiger partial charge in [-0.15, -0.1) is 0 Å². The summed E-state index contributed by atoms with van der Waals surface area (Å²) in [5.41, 5.74) is 0.861. The number of benzene rings is 3. The van der Waals surface area contributed by atoms with Crippen molar-refractivity contribution >= 4 is 63.8 Å². The highest BCUT2D eigenvalue weighted by atomic mass is 35.5. The summed E-state index contributed by atoms with van der Waals surface area (Å²) >= 11 is 12.2. The van der Waals surface area contributed by atoms with E-state index in [-0.39, 0.29) is 17.0 Å². The van der Waals surface area contributed by atoms with Gasteiger partial charge >= 0.3 is 23.9 Å². The van der Waals surface area contributed by atoms with Crippen molar-refractivity contribution in [3.05, 3.63) is 81.8 Å². The van der Waals surface area contributed by atoms with E-state index in [1.54, 1.807) is 36.4 Å². The maximum atomic E-state index is 13.2. The fraction of sp³-hybridized carbons (Fsp3) is 0.276. The third kappa shape index (κ3) is 6.28. The molecular formula is C29H25Cl2NO9. The summed E-state index contributed by atoms with van der Waals surface area (Å²) in [7, 11) is 0. The first-order valence-electron chi connectivity index (χ1n) is 12.5. The molecule has 3 aromatic carbocycles. The Morgan fingerprint density at radius 1 is 0.780 bits per heavy atom. The van der Waals surface area contributed by atoms with Gasteiger partial charge in [0.05, 0.1) is 45.3 Å². The number of hydrogen-bond acceptors (Lipinski definition) is 6. The molecule has 3 aromatic rings. The number of hydrogen-bond donors (Lipinski definition) is 4. The second kappa shape index (κ2) is 12.2. The Hall–Kier alpha value is -4.15. The second-order valence-electron chi connectivity index (χ2n) is 9.87. The molecule has 0 radical (unpaired) electrons. The number of nitrogens with one attached hydrogen (secondary N) is 1. The van der Waals surface area contributed by atoms with Crippen LogP contribution in [-0.2, 0) is 30.3 Å². The maximum absolute atomic E-state index is 13.2. The van der Waals surface area contributed by atoms with E-state index in [9.17, 15) is 39.3 Å². The van der Waals surface area contributed by atoms with E-state index in [4.69, 9.17) is 27.9 Å². The van der Waals surface area contributed by atoms with Crippen LogP contribution in [0.3, 0.4) is 0 Å². The molecule has 1 saturated carbocycles. The van der Waals surface area contributed by atoms with Gasteiger partial charge < -0.3 is 25.4 Å². The van der Waals surface area contributed by atoms with Crippen LogP contribution >= 0.6 is 23.2 Å². The molecular weight excluding hydrogens is 577 g/mol. The Bertz CT molecular complexity index is 1520. The quantitative estimate of drug-likeness (QED) is 0.249. The van der Waals surface area contributed by atoms with Crippen LogP contribution in [0.5, 0.6) is 0 Å². The van der Waals surface area contributed by atoms with Crippen molar-refractivity contribution in [3.63, 3.8) is 0 Å². The minimum atomic E-state index is -1.77. The molecule has 214 valence electrons. The normalized spacial score (nSPS) is 21.2. The molecule has 1 fully saturated rings. The van der Waals surface area contributed by atoms with Crippen molar-refractivity contribution in [3.8, 4) is 0 Å². The highest BCUT2D eigenvalue weighted by molar-refractivity contribution is 6.42. The third-order valence-electron chi connectivity index (χ3n) is 7.30. The van der Waals surface area contributed by atoms with Crippen LogP contribution in [-0.4, -0.2) is 57.2 Å². The number of carbonyl (C=O) groups excluding carboxylic acids is 2. The van der Waals surface area contributed by atoms with Crippen molar-refractivity contribution in [1.82, 2.24) is 5.32 Å². The predicted octanol–water partition coefficient (Wildman–Crippen LogP) is 4.15. The SMILES string of the molecule is C[C@H](NC(=O)C1[C@@H](C(=O)O)C(C(=O)O)[C@@H]1C(=O)O)[C@H](Cc1ccc(Cl)c(Cl)c1)OC(=O)c1ccc2ccccc2c1. The Morgan fingerprint density at radius 2 is 1.37 bits per heavy atom. The summed E-state index contributed by atoms with van der Waals surface area (Å²) in [5.74, 6) is -13.4. The molecule has 0 heterocycles. The smallest absolute Gasteiger partial charge is 0.338 e. The molecule has 0 aromatic heterocycles. The van der Waals surface area contributed by atoms with Crippen LogP contribution in [0, 0.1) is 23.7 Å². The lowest BCUT2D eigenvalue weighted by Gasteiger charge is -2.44. The Kier molecular flexibility index (Phi) is 8.84. The molecule has 0 unspecified atom stereocenters. The van der Waals surface area contributed by atoms with Gasteiger partial charge in [-0.1, -0.05) is 59.6 Å². The lowest BCUT2D eigenvalue weighted by Crippen LogP contribution is -2.63. The zero-order valence-electron chi connectivity index (χ0n) is 21.5. The molecule has 41 heavy (non-hydrogen) atoms. The van der Waals surface area contributed by atoms with Crippen molar-refractivity contribution < 1.29 is 44.0 Å². The molecule has 0 aliphatic heterocycles. The third-order valence-corrected chi connectivity index (χ3v) is 8.04. The summed E-state index contributed by atoms with van der Waals surface area (Å²) < 4.78 is 5.81. The van der Waals surface area contributed by atoms with Gasteiger partial charge in [-0.05, 0) is 47.5 Å². The lowest BCUT2D eigenvalue weighted by molar-refractivity contribution is -0.187. The van der Waals surface area contributed by atoms with E-state index in [1.807, 2.05) is 24.3 Å². The minimum Gasteiger partial charge on any atom is -0.481 e. The number of fused-ring (bicyclic) bond motifs is 1. The number of halogens is 2. The molecule has 12 heteroatoms. The first-order chi connectivity index (χ1) is 19.4. The standard InChI is InChI=1S/C29H25Cl2NO9/c1-13(32-25(33)21-22(26(34)35)24(28(38)39)23(21)27(36)37)20(11-14-6-9-18(30)19(31)10-14)41-29(40)17-8-7-15-4-2-3-5-16(15)12-17/h2-10,12-13,20-24H,11H2,1H3,(H,32,33)(H,34,35)(H,36,37)(H,38,39)/t13-,20-,21?,22+,23+,24?/m0/s1. The van der Waals surface area contributed by atoms with Crippen molar-refractivity contribution in [2.24, 2.45) is 23.7 Å². The number of aliphatic carboxylic acids is 3. The van der Waals surface area contributed by atoms with Gasteiger partial charge in [-0.2, -0.15) is 0 Å². The molecule has 10 nitrogen and oxygen atoms in total. The second-order valence-corrected chi connectivity index (χ2v) is 10.7. The van der Waals surface area contributed by atoms with Crippen LogP contribution in [0.4, 0.5) is 0 Å². The molecule has 0 spiro atoms. The van der Waals surface area contributed by atoms with Crippen LogP contribution in [0.25, 0.3) is 10.8 Å². The van der Waals surface area contributed by atoms with E-state index < -0.39 is 65.6 Å². The van der Waals surface area contributed by atoms with E-state index in [1.165, 1.54) is 6.92 Å². The van der Waals surface area contributed by atoms with Gasteiger partial charge in [-0.25, -0.2) is 4.79 Å². The molecule has 4 atom stereocenters. The monoisotopic (exact) mass is 601 g/mol. The molecule has 4 rings (SSSR count). The largest absolute Gasteiger partial charge is 0.481 e. The first kappa shape index (κ1) is 29.8. The number of carbonyl (C=O) groups is 5. The fourth-order valence-corrected chi connectivity index (χ4v) is 5.47. The zero-order chi connectivity index (χ0) is 30.0. The summed E-state index contributed by atoms with van der Waals surface area (Å²) in [6.07, 6.45) is -0.956. The number of carboxylic acids is 3. The molecule has 1 aliphatic carbocycles. The molecule has 1 amide bonds. The molecule has 1 aliphatic rings. The number of esters is 1. The number of ether oxygens (including phenoxy) is 1. The topological polar surface area (TPSA) is 167 Å². The van der Waals surface area contributed by atoms with Crippen molar-refractivity contribution in [2.75, 3.05) is 0 Å². The summed E-state index contributed by atoms with van der Waals surface area (Å²) in [6, 6.07) is 16.3. The molecule has 0 bridgehead atoms. The van der Waals surface area contributed by atoms with Crippen LogP contribution < -0.4 is 5.32 Å². The Balaban J connectivity index is 1.59. The van der Waals surface area contributed by atoms with Crippen LogP contribution in [0.2, 0.25) is 10.0 Å². The van der Waals surface area contributed by atoms with Crippen LogP contribution in [0.1, 0.15) is 22.8 Å². The first-order valence-corrected chi connectivity index (χ1v) is 13.3. The lowest BCUT2D eigenvalue weighted by atomic mass is 9.56. The summed E-state index contributed by atoms with van der Waals surface area (Å²) in [6.45, 7) is 1.51. The van der Waals surface area contributed by atoms with Gasteiger partial charge in [0.2, 0.25) is 5.91 Å². The van der Waals surface area contributed by atoms with E-state index in [0.29, 0.717) is 10.6 Å². The van der Waals surface area contributed by atoms with Crippen LogP contribution in [0.15, 0.2) is 60.7 Å². The van der Waals surface area contributed by atoms with Gasteiger partial charge in [0.15, 0.2) is 0 Å². The van der Waals surface area contributed by atoms with Gasteiger partial charge in [0, 0.05) is 6.42 Å². The van der Waals surface area contributed by atoms with E-state index >= 15 is 0 Å². The summed E-state index contributed by atoms with van der Waals surface area (Å²) in [4.78, 5) is 61.5. The van der Waals surface area contributed by atoms with E-state index in [0.717, 1.165) is 10.8 Å². The highest BCUT2D eigenvalue weighted by Gasteiger charge is 2.64. The van der Waals surface area contributed by atoms with Gasteiger partial charge in [0.25, 0.3) is 0 Å².